The van der Waals surface area contributed by atoms with E-state index in [9.17, 15) is 19.2 Å². The van der Waals surface area contributed by atoms with Gasteiger partial charge >= 0.3 is 23.9 Å². The number of ether oxygens (including phenoxy) is 4. The SMILES string of the molecule is CCCCCCCCC(CCCCCC)C(=O)OCCN(CCOC(=O)C(CCCCCC)CCCCCCCC)CCN1CCN(CCN(CCOC(=O)C(CCCCCC)CCCCCCCC)CCOC(=O)C(CCCCCC)CCCCCCCC)CC1. The molecule has 1 aliphatic heterocycles. The molecule has 0 bridgehead atoms. The lowest BCUT2D eigenvalue weighted by Gasteiger charge is -2.36. The summed E-state index contributed by atoms with van der Waals surface area (Å²) < 4.78 is 24.7. The van der Waals surface area contributed by atoms with Crippen LogP contribution >= 0.6 is 0 Å². The molecule has 0 N–H and O–H groups in total. The van der Waals surface area contributed by atoms with E-state index in [2.05, 4.69) is 75.0 Å². The Bertz CT molecular complexity index is 1410. The third-order valence-electron chi connectivity index (χ3n) is 20.1. The van der Waals surface area contributed by atoms with Gasteiger partial charge in [-0.1, -0.05) is 312 Å². The largest absolute Gasteiger partial charge is 0.464 e. The predicted molar refractivity (Wildman–Crippen MR) is 391 cm³/mol. The van der Waals surface area contributed by atoms with E-state index in [1.165, 1.54) is 205 Å². The molecule has 544 valence electrons. The fourth-order valence-electron chi connectivity index (χ4n) is 13.5. The lowest BCUT2D eigenvalue weighted by molar-refractivity contribution is -0.151. The number of piperazine rings is 1. The van der Waals surface area contributed by atoms with Crippen LogP contribution in [0.5, 0.6) is 0 Å². The molecule has 4 atom stereocenters. The summed E-state index contributed by atoms with van der Waals surface area (Å²) >= 11 is 0. The van der Waals surface area contributed by atoms with Crippen molar-refractivity contribution in [1.82, 2.24) is 19.6 Å². The molecule has 0 aromatic rings. The fraction of sp³-hybridized carbons (Fsp3) is 0.950. The molecule has 0 aromatic carbocycles. The number of esters is 4. The first-order valence-electron chi connectivity index (χ1n) is 40.7. The molecule has 1 rings (SSSR count). The normalized spacial score (nSPS) is 14.5. The smallest absolute Gasteiger partial charge is 0.308 e. The predicted octanol–water partition coefficient (Wildman–Crippen LogP) is 20.7. The Labute approximate surface area is 571 Å². The summed E-state index contributed by atoms with van der Waals surface area (Å²) in [7, 11) is 0. The molecule has 1 aliphatic rings. The van der Waals surface area contributed by atoms with Gasteiger partial charge in [0.2, 0.25) is 0 Å². The van der Waals surface area contributed by atoms with E-state index in [4.69, 9.17) is 18.9 Å². The summed E-state index contributed by atoms with van der Waals surface area (Å²) in [4.78, 5) is 65.1. The van der Waals surface area contributed by atoms with Crippen molar-refractivity contribution >= 4 is 23.9 Å². The van der Waals surface area contributed by atoms with Gasteiger partial charge in [0.25, 0.3) is 0 Å². The molecular weight excluding hydrogens is 1140 g/mol. The Hall–Kier alpha value is -2.28. The van der Waals surface area contributed by atoms with Crippen LogP contribution < -0.4 is 0 Å². The lowest BCUT2D eigenvalue weighted by Crippen LogP contribution is -2.50. The molecule has 0 aromatic heterocycles. The number of carbonyl (C=O) groups excluding carboxylic acids is 4. The van der Waals surface area contributed by atoms with E-state index in [1.54, 1.807) is 0 Å². The van der Waals surface area contributed by atoms with Gasteiger partial charge in [-0.25, -0.2) is 0 Å². The monoisotopic (exact) mass is 1300 g/mol. The van der Waals surface area contributed by atoms with E-state index in [-0.39, 0.29) is 47.5 Å². The first kappa shape index (κ1) is 87.7. The van der Waals surface area contributed by atoms with Gasteiger partial charge < -0.3 is 18.9 Å². The van der Waals surface area contributed by atoms with Crippen molar-refractivity contribution < 1.29 is 38.1 Å². The van der Waals surface area contributed by atoms with Crippen molar-refractivity contribution in [1.29, 1.82) is 0 Å². The lowest BCUT2D eigenvalue weighted by atomic mass is 9.94. The third kappa shape index (κ3) is 51.0. The Morgan fingerprint density at radius 2 is 0.413 bits per heavy atom. The number of rotatable bonds is 70. The average Bonchev–Trinajstić information content (AvgIpc) is 3.10. The maximum Gasteiger partial charge on any atom is 0.308 e. The van der Waals surface area contributed by atoms with Crippen molar-refractivity contribution in [2.45, 2.75) is 364 Å². The molecular formula is C80H156N4O8. The Kier molecular flexibility index (Phi) is 62.9. The number of nitrogens with zero attached hydrogens (tertiary/aromatic N) is 4. The number of unbranched alkanes of at least 4 members (excludes halogenated alkanes) is 32. The van der Waals surface area contributed by atoms with Crippen LogP contribution in [-0.4, -0.2) is 148 Å². The van der Waals surface area contributed by atoms with Gasteiger partial charge in [-0.05, 0) is 51.4 Å². The second-order valence-corrected chi connectivity index (χ2v) is 28.4. The minimum atomic E-state index is -0.0313. The van der Waals surface area contributed by atoms with E-state index in [0.717, 1.165) is 155 Å². The highest BCUT2D eigenvalue weighted by atomic mass is 16.5. The molecule has 92 heavy (non-hydrogen) atoms. The van der Waals surface area contributed by atoms with Crippen molar-refractivity contribution in [3.05, 3.63) is 0 Å². The highest BCUT2D eigenvalue weighted by Crippen LogP contribution is 2.25. The van der Waals surface area contributed by atoms with Crippen LogP contribution in [0, 0.1) is 23.7 Å². The molecule has 0 saturated carbocycles. The van der Waals surface area contributed by atoms with Crippen molar-refractivity contribution in [3.63, 3.8) is 0 Å². The van der Waals surface area contributed by atoms with Crippen LogP contribution in [0.25, 0.3) is 0 Å². The van der Waals surface area contributed by atoms with Crippen LogP contribution in [-0.2, 0) is 38.1 Å². The zero-order valence-corrected chi connectivity index (χ0v) is 62.6. The molecule has 4 unspecified atom stereocenters. The summed E-state index contributed by atoms with van der Waals surface area (Å²) in [5.74, 6) is -0.236. The van der Waals surface area contributed by atoms with Crippen molar-refractivity contribution in [2.24, 2.45) is 23.7 Å². The zero-order valence-electron chi connectivity index (χ0n) is 62.6. The van der Waals surface area contributed by atoms with Gasteiger partial charge in [-0.2, -0.15) is 0 Å². The summed E-state index contributed by atoms with van der Waals surface area (Å²) in [6.07, 6.45) is 55.2. The highest BCUT2D eigenvalue weighted by molar-refractivity contribution is 5.73. The van der Waals surface area contributed by atoms with Gasteiger partial charge in [0.15, 0.2) is 0 Å². The van der Waals surface area contributed by atoms with E-state index in [0.29, 0.717) is 52.6 Å². The average molecular weight is 1300 g/mol. The number of hydrogen-bond acceptors (Lipinski definition) is 12. The van der Waals surface area contributed by atoms with Gasteiger partial charge in [0.1, 0.15) is 26.4 Å². The second kappa shape index (κ2) is 66.0. The third-order valence-corrected chi connectivity index (χ3v) is 20.1. The Morgan fingerprint density at radius 1 is 0.250 bits per heavy atom. The van der Waals surface area contributed by atoms with Crippen LogP contribution in [0.4, 0.5) is 0 Å². The van der Waals surface area contributed by atoms with Crippen LogP contribution in [0.2, 0.25) is 0 Å². The fourth-order valence-corrected chi connectivity index (χ4v) is 13.5. The first-order chi connectivity index (χ1) is 45.1. The minimum Gasteiger partial charge on any atom is -0.464 e. The van der Waals surface area contributed by atoms with Crippen molar-refractivity contribution in [3.8, 4) is 0 Å². The van der Waals surface area contributed by atoms with E-state index >= 15 is 0 Å². The van der Waals surface area contributed by atoms with E-state index in [1.807, 2.05) is 0 Å². The Morgan fingerprint density at radius 3 is 0.598 bits per heavy atom. The second-order valence-electron chi connectivity index (χ2n) is 28.4. The van der Waals surface area contributed by atoms with Crippen LogP contribution in [0.15, 0.2) is 0 Å². The molecule has 12 nitrogen and oxygen atoms in total. The van der Waals surface area contributed by atoms with Crippen molar-refractivity contribution in [2.75, 3.05) is 105 Å². The zero-order chi connectivity index (χ0) is 67.0. The quantitative estimate of drug-likeness (QED) is 0.0328. The molecule has 1 fully saturated rings. The molecule has 12 heteroatoms. The minimum absolute atomic E-state index is 0.0278. The standard InChI is InChI=1S/C80H156N4O8/c1-9-17-25-33-37-45-53-73(49-41-29-21-13-5)77(85)89-69-65-83(66-70-90-78(86)74(50-42-30-22-14-6)54-46-38-34-26-18-10-2)63-61-81-57-59-82(60-58-81)62-64-84(67-71-91-79(87)75(51-43-31-23-15-7)55-47-39-35-27-19-11-3)68-72-92-80(88)76(52-44-32-24-16-8)56-48-40-36-28-20-12-4/h73-76H,9-72H2,1-8H3. The topological polar surface area (TPSA) is 118 Å². The molecule has 0 radical (unpaired) electrons. The van der Waals surface area contributed by atoms with Gasteiger partial charge in [0.05, 0.1) is 23.7 Å². The maximum atomic E-state index is 13.8. The molecule has 0 amide bonds. The summed E-state index contributed by atoms with van der Waals surface area (Å²) in [6.45, 7) is 29.2. The summed E-state index contributed by atoms with van der Waals surface area (Å²) in [6, 6.07) is 0. The van der Waals surface area contributed by atoms with Crippen LogP contribution in [0.3, 0.4) is 0 Å². The van der Waals surface area contributed by atoms with Gasteiger partial charge in [0, 0.05) is 78.5 Å². The number of hydrogen-bond donors (Lipinski definition) is 0. The highest BCUT2D eigenvalue weighted by Gasteiger charge is 2.26. The summed E-state index contributed by atoms with van der Waals surface area (Å²) in [5, 5.41) is 0. The van der Waals surface area contributed by atoms with Gasteiger partial charge in [-0.15, -0.1) is 0 Å². The first-order valence-corrected chi connectivity index (χ1v) is 40.7. The maximum absolute atomic E-state index is 13.8. The van der Waals surface area contributed by atoms with E-state index < -0.39 is 0 Å². The molecule has 1 saturated heterocycles. The number of carbonyl (C=O) groups is 4. The summed E-state index contributed by atoms with van der Waals surface area (Å²) in [5.41, 5.74) is 0. The molecule has 0 spiro atoms. The van der Waals surface area contributed by atoms with Crippen LogP contribution in [0.1, 0.15) is 364 Å². The van der Waals surface area contributed by atoms with Gasteiger partial charge in [-0.3, -0.25) is 38.8 Å². The molecule has 0 aliphatic carbocycles. The Balaban J connectivity index is 3.18. The molecule has 1 heterocycles.